The van der Waals surface area contributed by atoms with Crippen LogP contribution in [0.2, 0.25) is 0 Å². The number of aromatic carboxylic acids is 1. The van der Waals surface area contributed by atoms with Crippen molar-refractivity contribution >= 4 is 17.3 Å². The fraction of sp³-hybridized carbons (Fsp3) is 0.417. The van der Waals surface area contributed by atoms with Gasteiger partial charge in [0.25, 0.3) is 0 Å². The number of carboxylic acids is 1. The SMILES string of the molecule is COCC(CNc1cc(N)ccc1C(=O)O)OC. The van der Waals surface area contributed by atoms with E-state index in [0.29, 0.717) is 24.5 Å². The highest BCUT2D eigenvalue weighted by molar-refractivity contribution is 5.95. The van der Waals surface area contributed by atoms with Gasteiger partial charge in [-0.2, -0.15) is 0 Å². The molecule has 0 saturated heterocycles. The van der Waals surface area contributed by atoms with Gasteiger partial charge in [-0.15, -0.1) is 0 Å². The van der Waals surface area contributed by atoms with Gasteiger partial charge in [-0.1, -0.05) is 0 Å². The van der Waals surface area contributed by atoms with Crippen LogP contribution in [-0.4, -0.2) is 44.6 Å². The van der Waals surface area contributed by atoms with E-state index in [9.17, 15) is 4.79 Å². The minimum Gasteiger partial charge on any atom is -0.478 e. The van der Waals surface area contributed by atoms with Gasteiger partial charge in [-0.05, 0) is 18.2 Å². The monoisotopic (exact) mass is 254 g/mol. The molecule has 0 saturated carbocycles. The van der Waals surface area contributed by atoms with E-state index in [4.69, 9.17) is 20.3 Å². The van der Waals surface area contributed by atoms with Gasteiger partial charge in [0.05, 0.1) is 24.0 Å². The number of rotatable bonds is 7. The minimum absolute atomic E-state index is 0.155. The normalized spacial score (nSPS) is 12.1. The maximum absolute atomic E-state index is 11.0. The second-order valence-corrected chi connectivity index (χ2v) is 3.80. The topological polar surface area (TPSA) is 93.8 Å². The van der Waals surface area contributed by atoms with Gasteiger partial charge in [0.15, 0.2) is 0 Å². The lowest BCUT2D eigenvalue weighted by atomic mass is 10.1. The molecular weight excluding hydrogens is 236 g/mol. The van der Waals surface area contributed by atoms with Crippen LogP contribution in [0, 0.1) is 0 Å². The molecule has 18 heavy (non-hydrogen) atoms. The van der Waals surface area contributed by atoms with Gasteiger partial charge in [-0.3, -0.25) is 0 Å². The van der Waals surface area contributed by atoms with E-state index in [1.165, 1.54) is 6.07 Å². The van der Waals surface area contributed by atoms with E-state index in [1.807, 2.05) is 0 Å². The molecule has 0 aliphatic rings. The Kier molecular flexibility index (Phi) is 5.41. The Bertz CT molecular complexity index is 409. The quantitative estimate of drug-likeness (QED) is 0.629. The average Bonchev–Trinajstić information content (AvgIpc) is 2.34. The van der Waals surface area contributed by atoms with Gasteiger partial charge in [0.2, 0.25) is 0 Å². The molecule has 6 nitrogen and oxygen atoms in total. The summed E-state index contributed by atoms with van der Waals surface area (Å²) >= 11 is 0. The van der Waals surface area contributed by atoms with E-state index in [2.05, 4.69) is 5.32 Å². The van der Waals surface area contributed by atoms with Crippen molar-refractivity contribution in [2.45, 2.75) is 6.10 Å². The molecule has 0 heterocycles. The fourth-order valence-corrected chi connectivity index (χ4v) is 1.51. The zero-order valence-electron chi connectivity index (χ0n) is 10.5. The highest BCUT2D eigenvalue weighted by Crippen LogP contribution is 2.19. The Labute approximate surface area is 106 Å². The van der Waals surface area contributed by atoms with Crippen LogP contribution < -0.4 is 11.1 Å². The zero-order valence-corrected chi connectivity index (χ0v) is 10.5. The van der Waals surface area contributed by atoms with Crippen LogP contribution in [0.3, 0.4) is 0 Å². The standard InChI is InChI=1S/C12H18N2O4/c1-17-7-9(18-2)6-14-11-5-8(13)3-4-10(11)12(15)16/h3-5,9,14H,6-7,13H2,1-2H3,(H,15,16). The third-order valence-corrected chi connectivity index (χ3v) is 2.48. The van der Waals surface area contributed by atoms with Crippen molar-refractivity contribution in [3.8, 4) is 0 Å². The number of nitrogens with two attached hydrogens (primary N) is 1. The van der Waals surface area contributed by atoms with Crippen LogP contribution in [0.15, 0.2) is 18.2 Å². The van der Waals surface area contributed by atoms with Gasteiger partial charge < -0.3 is 25.6 Å². The molecule has 4 N–H and O–H groups in total. The largest absolute Gasteiger partial charge is 0.478 e. The second kappa shape index (κ2) is 6.83. The molecule has 0 radical (unpaired) electrons. The molecule has 100 valence electrons. The van der Waals surface area contributed by atoms with E-state index in [-0.39, 0.29) is 11.7 Å². The molecule has 1 aromatic rings. The number of carboxylic acid groups (broad SMARTS) is 1. The van der Waals surface area contributed by atoms with Crippen LogP contribution >= 0.6 is 0 Å². The molecule has 0 spiro atoms. The first-order chi connectivity index (χ1) is 8.58. The van der Waals surface area contributed by atoms with Crippen LogP contribution in [-0.2, 0) is 9.47 Å². The van der Waals surface area contributed by atoms with Crippen molar-refractivity contribution < 1.29 is 19.4 Å². The predicted molar refractivity (Wildman–Crippen MR) is 69.0 cm³/mol. The third-order valence-electron chi connectivity index (χ3n) is 2.48. The molecule has 0 aromatic heterocycles. The highest BCUT2D eigenvalue weighted by atomic mass is 16.5. The number of nitrogens with one attached hydrogen (secondary N) is 1. The van der Waals surface area contributed by atoms with E-state index in [0.717, 1.165) is 0 Å². The van der Waals surface area contributed by atoms with E-state index >= 15 is 0 Å². The second-order valence-electron chi connectivity index (χ2n) is 3.80. The van der Waals surface area contributed by atoms with Crippen molar-refractivity contribution in [2.24, 2.45) is 0 Å². The summed E-state index contributed by atoms with van der Waals surface area (Å²) < 4.78 is 10.2. The Hall–Kier alpha value is -1.79. The number of hydrogen-bond acceptors (Lipinski definition) is 5. The zero-order chi connectivity index (χ0) is 13.5. The first-order valence-electron chi connectivity index (χ1n) is 5.47. The summed E-state index contributed by atoms with van der Waals surface area (Å²) in [5, 5.41) is 12.1. The number of methoxy groups -OCH3 is 2. The van der Waals surface area contributed by atoms with E-state index < -0.39 is 5.97 Å². The molecule has 0 amide bonds. The number of hydrogen-bond donors (Lipinski definition) is 3. The van der Waals surface area contributed by atoms with E-state index in [1.54, 1.807) is 26.4 Å². The Morgan fingerprint density at radius 1 is 1.50 bits per heavy atom. The van der Waals surface area contributed by atoms with Crippen LogP contribution in [0.4, 0.5) is 11.4 Å². The summed E-state index contributed by atoms with van der Waals surface area (Å²) in [5.74, 6) is -1.00. The Morgan fingerprint density at radius 2 is 2.22 bits per heavy atom. The molecule has 1 unspecified atom stereocenters. The molecule has 1 atom stereocenters. The third kappa shape index (κ3) is 3.90. The van der Waals surface area contributed by atoms with Gasteiger partial charge in [0, 0.05) is 26.5 Å². The van der Waals surface area contributed by atoms with Crippen LogP contribution in [0.25, 0.3) is 0 Å². The van der Waals surface area contributed by atoms with Crippen molar-refractivity contribution in [2.75, 3.05) is 38.4 Å². The minimum atomic E-state index is -1.00. The van der Waals surface area contributed by atoms with Crippen LogP contribution in [0.1, 0.15) is 10.4 Å². The fourth-order valence-electron chi connectivity index (χ4n) is 1.51. The molecule has 0 fully saturated rings. The lowest BCUT2D eigenvalue weighted by Crippen LogP contribution is -2.27. The maximum Gasteiger partial charge on any atom is 0.337 e. The summed E-state index contributed by atoms with van der Waals surface area (Å²) in [4.78, 5) is 11.0. The van der Waals surface area contributed by atoms with Crippen LogP contribution in [0.5, 0.6) is 0 Å². The first kappa shape index (κ1) is 14.3. The number of carbonyl (C=O) groups is 1. The number of ether oxygens (including phenoxy) is 2. The Balaban J connectivity index is 2.76. The molecule has 0 aliphatic heterocycles. The van der Waals surface area contributed by atoms with Crippen molar-refractivity contribution in [3.63, 3.8) is 0 Å². The van der Waals surface area contributed by atoms with Gasteiger partial charge in [0.1, 0.15) is 0 Å². The maximum atomic E-state index is 11.0. The molecule has 6 heteroatoms. The predicted octanol–water partition coefficient (Wildman–Crippen LogP) is 1.04. The summed E-state index contributed by atoms with van der Waals surface area (Å²) in [6, 6.07) is 4.61. The molecule has 1 rings (SSSR count). The van der Waals surface area contributed by atoms with Crippen molar-refractivity contribution in [1.82, 2.24) is 0 Å². The lowest BCUT2D eigenvalue weighted by molar-refractivity contribution is 0.0365. The summed E-state index contributed by atoms with van der Waals surface area (Å²) in [6.07, 6.45) is -0.155. The summed E-state index contributed by atoms with van der Waals surface area (Å²) in [7, 11) is 3.15. The average molecular weight is 254 g/mol. The lowest BCUT2D eigenvalue weighted by Gasteiger charge is -2.17. The highest BCUT2D eigenvalue weighted by Gasteiger charge is 2.12. The van der Waals surface area contributed by atoms with Gasteiger partial charge >= 0.3 is 5.97 Å². The molecular formula is C12H18N2O4. The summed E-state index contributed by atoms with van der Waals surface area (Å²) in [5.41, 5.74) is 6.79. The number of nitrogen functional groups attached to an aromatic ring is 1. The Morgan fingerprint density at radius 3 is 2.78 bits per heavy atom. The van der Waals surface area contributed by atoms with Crippen molar-refractivity contribution in [3.05, 3.63) is 23.8 Å². The first-order valence-corrected chi connectivity index (χ1v) is 5.47. The molecule has 0 bridgehead atoms. The number of benzene rings is 1. The smallest absolute Gasteiger partial charge is 0.337 e. The molecule has 0 aliphatic carbocycles. The summed E-state index contributed by atoms with van der Waals surface area (Å²) in [6.45, 7) is 0.863. The van der Waals surface area contributed by atoms with Crippen molar-refractivity contribution in [1.29, 1.82) is 0 Å². The molecule has 1 aromatic carbocycles. The van der Waals surface area contributed by atoms with Gasteiger partial charge in [-0.25, -0.2) is 4.79 Å². The number of anilines is 2.